The fourth-order valence-corrected chi connectivity index (χ4v) is 5.69. The van der Waals surface area contributed by atoms with Crippen LogP contribution in [-0.4, -0.2) is 44.3 Å². The van der Waals surface area contributed by atoms with Crippen molar-refractivity contribution in [3.05, 3.63) is 65.9 Å². The number of ether oxygens (including phenoxy) is 2. The predicted molar refractivity (Wildman–Crippen MR) is 156 cm³/mol. The van der Waals surface area contributed by atoms with Gasteiger partial charge in [-0.1, -0.05) is 45.0 Å². The van der Waals surface area contributed by atoms with E-state index in [-0.39, 0.29) is 16.5 Å². The van der Waals surface area contributed by atoms with E-state index in [0.717, 1.165) is 38.3 Å². The number of carbonyl (C=O) groups is 1. The predicted octanol–water partition coefficient (Wildman–Crippen LogP) is 6.88. The molecule has 2 heterocycles. The highest BCUT2D eigenvalue weighted by Gasteiger charge is 2.34. The average Bonchev–Trinajstić information content (AvgIpc) is 3.14. The molecule has 0 unspecified atom stereocenters. The van der Waals surface area contributed by atoms with E-state index in [0.29, 0.717) is 25.5 Å². The number of fused-ring (bicyclic) bond motifs is 1. The maximum Gasteiger partial charge on any atom is 0.311 e. The van der Waals surface area contributed by atoms with Crippen molar-refractivity contribution < 1.29 is 19.4 Å². The standard InChI is InChI=1S/C31H37N3O4S/c1-8-38-29(36)31(5,6)18-26-28(39-30(2,3)4)23-17-22(35)13-15-25(23)34(26)19-20-9-11-21(12-10-20)24-14-16-27(37-7)33-32-24/h9-17,35H,8,18-19H2,1-7H3. The van der Waals surface area contributed by atoms with Crippen molar-refractivity contribution in [3.63, 3.8) is 0 Å². The van der Waals surface area contributed by atoms with Crippen LogP contribution in [0.15, 0.2) is 59.5 Å². The van der Waals surface area contributed by atoms with Crippen LogP contribution in [0.25, 0.3) is 22.2 Å². The average molecular weight is 548 g/mol. The second-order valence-corrected chi connectivity index (χ2v) is 13.1. The Bertz CT molecular complexity index is 1450. The lowest BCUT2D eigenvalue weighted by Gasteiger charge is -2.26. The Hall–Kier alpha value is -3.52. The van der Waals surface area contributed by atoms with Crippen molar-refractivity contribution in [2.24, 2.45) is 5.41 Å². The van der Waals surface area contributed by atoms with Crippen LogP contribution in [0.1, 0.15) is 52.8 Å². The molecule has 1 N–H and O–H groups in total. The van der Waals surface area contributed by atoms with Gasteiger partial charge in [0.1, 0.15) is 5.75 Å². The molecule has 0 spiro atoms. The molecule has 206 valence electrons. The molecule has 0 saturated carbocycles. The van der Waals surface area contributed by atoms with Gasteiger partial charge in [-0.05, 0) is 50.6 Å². The van der Waals surface area contributed by atoms with E-state index < -0.39 is 5.41 Å². The molecule has 0 aliphatic carbocycles. The second kappa shape index (κ2) is 11.3. The van der Waals surface area contributed by atoms with Crippen molar-refractivity contribution in [1.29, 1.82) is 0 Å². The molecule has 7 nitrogen and oxygen atoms in total. The molecule has 0 aliphatic heterocycles. The van der Waals surface area contributed by atoms with Gasteiger partial charge in [-0.2, -0.15) is 0 Å². The molecular formula is C31H37N3O4S. The van der Waals surface area contributed by atoms with Crippen LogP contribution in [0.2, 0.25) is 0 Å². The van der Waals surface area contributed by atoms with Crippen molar-refractivity contribution in [2.75, 3.05) is 13.7 Å². The first-order valence-corrected chi connectivity index (χ1v) is 13.9. The number of aromatic hydroxyl groups is 1. The molecule has 0 radical (unpaired) electrons. The summed E-state index contributed by atoms with van der Waals surface area (Å²) in [6, 6.07) is 17.4. The molecule has 0 aliphatic rings. The summed E-state index contributed by atoms with van der Waals surface area (Å²) in [5, 5.41) is 19.7. The van der Waals surface area contributed by atoms with Gasteiger partial charge in [0.15, 0.2) is 0 Å². The van der Waals surface area contributed by atoms with Gasteiger partial charge in [0.2, 0.25) is 5.88 Å². The van der Waals surface area contributed by atoms with Crippen LogP contribution in [-0.2, 0) is 22.5 Å². The molecule has 4 aromatic rings. The number of aromatic nitrogens is 3. The first kappa shape index (κ1) is 28.5. The van der Waals surface area contributed by atoms with Crippen LogP contribution in [0.5, 0.6) is 11.6 Å². The summed E-state index contributed by atoms with van der Waals surface area (Å²) < 4.78 is 12.7. The van der Waals surface area contributed by atoms with Gasteiger partial charge in [0.25, 0.3) is 0 Å². The third kappa shape index (κ3) is 6.56. The van der Waals surface area contributed by atoms with Crippen LogP contribution >= 0.6 is 11.8 Å². The highest BCUT2D eigenvalue weighted by atomic mass is 32.2. The van der Waals surface area contributed by atoms with Gasteiger partial charge in [0, 0.05) is 50.8 Å². The summed E-state index contributed by atoms with van der Waals surface area (Å²) >= 11 is 1.76. The van der Waals surface area contributed by atoms with Gasteiger partial charge in [-0.15, -0.1) is 22.0 Å². The molecule has 4 rings (SSSR count). The number of esters is 1. The molecule has 0 saturated heterocycles. The van der Waals surface area contributed by atoms with Gasteiger partial charge in [-0.25, -0.2) is 0 Å². The molecular weight excluding hydrogens is 510 g/mol. The Labute approximate surface area is 234 Å². The molecule has 0 atom stereocenters. The Kier molecular flexibility index (Phi) is 8.25. The number of rotatable bonds is 9. The molecule has 0 amide bonds. The van der Waals surface area contributed by atoms with Crippen molar-refractivity contribution >= 4 is 28.6 Å². The number of nitrogens with zero attached hydrogens (tertiary/aromatic N) is 3. The number of hydrogen-bond donors (Lipinski definition) is 1. The lowest BCUT2D eigenvalue weighted by molar-refractivity contribution is -0.153. The highest BCUT2D eigenvalue weighted by Crippen LogP contribution is 2.44. The minimum atomic E-state index is -0.728. The zero-order valence-corrected chi connectivity index (χ0v) is 24.6. The number of methoxy groups -OCH3 is 1. The van der Waals surface area contributed by atoms with Crippen LogP contribution in [0.4, 0.5) is 0 Å². The topological polar surface area (TPSA) is 86.5 Å². The molecule has 8 heteroatoms. The fraction of sp³-hybridized carbons (Fsp3) is 0.387. The summed E-state index contributed by atoms with van der Waals surface area (Å²) in [5.74, 6) is 0.473. The van der Waals surface area contributed by atoms with Gasteiger partial charge in [0.05, 0.1) is 24.8 Å². The number of phenols is 1. The van der Waals surface area contributed by atoms with E-state index in [1.165, 1.54) is 0 Å². The summed E-state index contributed by atoms with van der Waals surface area (Å²) in [7, 11) is 1.57. The fourth-order valence-electron chi connectivity index (χ4n) is 4.50. The van der Waals surface area contributed by atoms with E-state index >= 15 is 0 Å². The number of hydrogen-bond acceptors (Lipinski definition) is 7. The summed E-state index contributed by atoms with van der Waals surface area (Å²) in [5.41, 5.74) is 4.17. The molecule has 2 aromatic carbocycles. The van der Waals surface area contributed by atoms with Crippen molar-refractivity contribution in [1.82, 2.24) is 14.8 Å². The Balaban J connectivity index is 1.79. The lowest BCUT2D eigenvalue weighted by Crippen LogP contribution is -2.30. The molecule has 0 fully saturated rings. The largest absolute Gasteiger partial charge is 0.508 e. The second-order valence-electron chi connectivity index (χ2n) is 11.2. The molecule has 2 aromatic heterocycles. The minimum Gasteiger partial charge on any atom is -0.508 e. The van der Waals surface area contributed by atoms with Gasteiger partial charge >= 0.3 is 5.97 Å². The monoisotopic (exact) mass is 547 g/mol. The van der Waals surface area contributed by atoms with E-state index in [1.54, 1.807) is 31.0 Å². The third-order valence-electron chi connectivity index (χ3n) is 6.39. The van der Waals surface area contributed by atoms with Crippen molar-refractivity contribution in [3.8, 4) is 22.9 Å². The summed E-state index contributed by atoms with van der Waals surface area (Å²) in [4.78, 5) is 14.0. The van der Waals surface area contributed by atoms with E-state index in [4.69, 9.17) is 9.47 Å². The normalized spacial score (nSPS) is 12.1. The minimum absolute atomic E-state index is 0.0750. The Morgan fingerprint density at radius 3 is 2.31 bits per heavy atom. The summed E-state index contributed by atoms with van der Waals surface area (Å²) in [6.07, 6.45) is 0.499. The maximum atomic E-state index is 12.9. The van der Waals surface area contributed by atoms with Gasteiger partial charge in [-0.3, -0.25) is 4.79 Å². The van der Waals surface area contributed by atoms with Crippen LogP contribution in [0, 0.1) is 5.41 Å². The quantitative estimate of drug-likeness (QED) is 0.180. The van der Waals surface area contributed by atoms with Crippen LogP contribution in [0.3, 0.4) is 0 Å². The first-order chi connectivity index (χ1) is 18.4. The molecule has 0 bridgehead atoms. The SMILES string of the molecule is CCOC(=O)C(C)(C)Cc1c(SC(C)(C)C)c2cc(O)ccc2n1Cc1ccc(-c2ccc(OC)nn2)cc1. The number of carbonyl (C=O) groups excluding carboxylic acids is 1. The number of benzene rings is 2. The van der Waals surface area contributed by atoms with Crippen molar-refractivity contribution in [2.45, 2.75) is 64.2 Å². The highest BCUT2D eigenvalue weighted by molar-refractivity contribution is 8.00. The first-order valence-electron chi connectivity index (χ1n) is 13.1. The van der Waals surface area contributed by atoms with E-state index in [2.05, 4.69) is 47.7 Å². The maximum absolute atomic E-state index is 12.9. The van der Waals surface area contributed by atoms with E-state index in [9.17, 15) is 9.90 Å². The third-order valence-corrected chi connectivity index (χ3v) is 7.66. The number of phenolic OH excluding ortho intramolecular Hbond substituents is 1. The Morgan fingerprint density at radius 1 is 1.00 bits per heavy atom. The number of thioether (sulfide) groups is 1. The van der Waals surface area contributed by atoms with E-state index in [1.807, 2.05) is 51.1 Å². The Morgan fingerprint density at radius 2 is 1.72 bits per heavy atom. The zero-order chi connectivity index (χ0) is 28.4. The zero-order valence-electron chi connectivity index (χ0n) is 23.7. The summed E-state index contributed by atoms with van der Waals surface area (Å²) in [6.45, 7) is 13.2. The van der Waals surface area contributed by atoms with Crippen LogP contribution < -0.4 is 4.74 Å². The lowest BCUT2D eigenvalue weighted by atomic mass is 9.87. The van der Waals surface area contributed by atoms with Gasteiger partial charge < -0.3 is 19.1 Å². The smallest absolute Gasteiger partial charge is 0.311 e. The molecule has 39 heavy (non-hydrogen) atoms.